The van der Waals surface area contributed by atoms with Gasteiger partial charge in [-0.2, -0.15) is 17.6 Å². The van der Waals surface area contributed by atoms with Gasteiger partial charge in [-0.15, -0.1) is 12.3 Å². The lowest BCUT2D eigenvalue weighted by molar-refractivity contribution is -0.142. The standard InChI is InChI=1S/C59H83N15O21S/c1-6-32(20-36(77)25-75)17-18-61-43(80)14-11-38(54(89)71-41(27-96)58(94)95)68-51(86)31(5)65-50(85)30(4)66-53(88)39(13-16-46(83)84)69-55(90)47(28(2)19-45(82)63-22-29(3)42(79)21-37(78)26-76)72-44(81)15-12-40(57(92)93)70-52(87)33-7-9-34(10-8-33)62-23-35-24-64-49-48(67-35)56(91)74-59(60)73-49/h1,7-10,24,29-32,36-42,47,62,75-79,96H,2,11-23,25-27H2,3-5H3,(H,61,80)(H,63,82)(H,65,85)(H,66,88)(H,68,86)(H,69,90)(H,70,87)(H,71,89)(H,72,81)(H,83,84)(H,92,93)(H,94,95)(H3,60,64,73,74,91). The van der Waals surface area contributed by atoms with Crippen molar-refractivity contribution in [3.8, 4) is 12.3 Å². The molecule has 526 valence electrons. The van der Waals surface area contributed by atoms with Crippen molar-refractivity contribution >= 4 is 107 Å². The lowest BCUT2D eigenvalue weighted by Gasteiger charge is -2.26. The number of aromatic amines is 1. The Bertz CT molecular complexity index is 3350. The molecule has 9 amide bonds. The zero-order valence-electron chi connectivity index (χ0n) is 52.7. The molecule has 2 aromatic heterocycles. The first kappa shape index (κ1) is 80.4. The summed E-state index contributed by atoms with van der Waals surface area (Å²) in [5.41, 5.74) is 5.37. The minimum absolute atomic E-state index is 0.0135. The monoisotopic (exact) mass is 1370 g/mol. The Hall–Kier alpha value is -9.87. The van der Waals surface area contributed by atoms with E-state index in [0.717, 1.165) is 13.8 Å². The molecular formula is C59H83N15O21S. The Kier molecular flexibility index (Phi) is 33.8. The number of aromatic nitrogens is 4. The van der Waals surface area contributed by atoms with Gasteiger partial charge in [-0.3, -0.25) is 57.7 Å². The number of carbonyl (C=O) groups excluding carboxylic acids is 9. The number of carboxylic acids is 3. The molecule has 3 rings (SSSR count). The normalized spacial score (nSPS) is 14.8. The first-order chi connectivity index (χ1) is 45.3. The number of hydrogen-bond acceptors (Lipinski definition) is 24. The lowest BCUT2D eigenvalue weighted by atomic mass is 9.98. The number of carboxylic acid groups (broad SMARTS) is 3. The number of nitrogens with zero attached hydrogens (tertiary/aromatic N) is 3. The summed E-state index contributed by atoms with van der Waals surface area (Å²) in [6.45, 7) is 6.26. The SMILES string of the molecule is C#CC(CCNC(=O)CCC(NC(=O)C(C)NC(=O)C(C)NC(=O)C(CCC(=O)O)NC(=O)C(NC(=O)CCC(NC(=O)c1ccc(NCc2cnc3nc(N)[nH]c(=O)c3n2)cc1)C(=O)O)C(=C)CC(=O)NCC(C)C(O)CC(O)CO)C(=O)NC(CS)C(=O)O)CC(O)CO. The fourth-order valence-electron chi connectivity index (χ4n) is 8.74. The fourth-order valence-corrected chi connectivity index (χ4v) is 8.98. The number of rotatable bonds is 43. The summed E-state index contributed by atoms with van der Waals surface area (Å²) in [6.07, 6.45) is -1.06. The van der Waals surface area contributed by atoms with E-state index in [1.807, 2.05) is 0 Å². The quantitative estimate of drug-likeness (QED) is 0.0143. The number of H-pyrrole nitrogens is 1. The number of nitrogen functional groups attached to an aromatic ring is 1. The van der Waals surface area contributed by atoms with E-state index >= 15 is 0 Å². The van der Waals surface area contributed by atoms with Crippen molar-refractivity contribution in [3.63, 3.8) is 0 Å². The molecule has 21 N–H and O–H groups in total. The molecular weight excluding hydrogens is 1290 g/mol. The molecule has 96 heavy (non-hydrogen) atoms. The molecule has 0 aliphatic heterocycles. The van der Waals surface area contributed by atoms with E-state index in [9.17, 15) is 98.1 Å². The van der Waals surface area contributed by atoms with E-state index in [4.69, 9.17) is 17.3 Å². The van der Waals surface area contributed by atoms with Crippen molar-refractivity contribution in [3.05, 3.63) is 64.2 Å². The highest BCUT2D eigenvalue weighted by Gasteiger charge is 2.34. The Morgan fingerprint density at radius 2 is 1.22 bits per heavy atom. The van der Waals surface area contributed by atoms with Crippen LogP contribution in [0.1, 0.15) is 101 Å². The van der Waals surface area contributed by atoms with Gasteiger partial charge in [0.05, 0.1) is 50.0 Å². The smallest absolute Gasteiger partial charge is 0.327 e. The highest BCUT2D eigenvalue weighted by Crippen LogP contribution is 2.16. The van der Waals surface area contributed by atoms with E-state index in [-0.39, 0.29) is 72.9 Å². The second-order valence-electron chi connectivity index (χ2n) is 22.3. The Morgan fingerprint density at radius 1 is 0.667 bits per heavy atom. The number of aliphatic carboxylic acids is 3. The van der Waals surface area contributed by atoms with Gasteiger partial charge >= 0.3 is 17.9 Å². The molecule has 36 nitrogen and oxygen atoms in total. The molecule has 0 fully saturated rings. The molecule has 12 atom stereocenters. The number of thiol groups is 1. The summed E-state index contributed by atoms with van der Waals surface area (Å²) in [5, 5.41) is 102. The molecule has 37 heteroatoms. The Balaban J connectivity index is 1.78. The average molecular weight is 1370 g/mol. The Morgan fingerprint density at radius 3 is 1.81 bits per heavy atom. The molecule has 0 spiro atoms. The van der Waals surface area contributed by atoms with Crippen LogP contribution in [0.3, 0.4) is 0 Å². The van der Waals surface area contributed by atoms with Gasteiger partial charge in [0, 0.05) is 68.1 Å². The highest BCUT2D eigenvalue weighted by atomic mass is 32.1. The topological polar surface area (TPSA) is 585 Å². The van der Waals surface area contributed by atoms with Crippen LogP contribution in [-0.2, 0) is 59.3 Å². The first-order valence-electron chi connectivity index (χ1n) is 30.0. The number of anilines is 2. The zero-order valence-corrected chi connectivity index (χ0v) is 53.6. The molecule has 0 saturated heterocycles. The van der Waals surface area contributed by atoms with Gasteiger partial charge in [0.1, 0.15) is 42.3 Å². The van der Waals surface area contributed by atoms with Crippen LogP contribution < -0.4 is 64.5 Å². The zero-order chi connectivity index (χ0) is 71.9. The van der Waals surface area contributed by atoms with Crippen LogP contribution >= 0.6 is 12.6 Å². The van der Waals surface area contributed by atoms with Gasteiger partial charge in [0.2, 0.25) is 53.2 Å². The molecule has 0 saturated carbocycles. The van der Waals surface area contributed by atoms with E-state index < -0.39 is 207 Å². The number of benzene rings is 1. The van der Waals surface area contributed by atoms with Crippen molar-refractivity contribution < 1.29 is 98.4 Å². The van der Waals surface area contributed by atoms with Crippen molar-refractivity contribution in [2.24, 2.45) is 11.8 Å². The third-order valence-electron chi connectivity index (χ3n) is 14.4. The van der Waals surface area contributed by atoms with Gasteiger partial charge in [0.15, 0.2) is 11.2 Å². The molecule has 0 radical (unpaired) electrons. The number of terminal acetylenes is 1. The minimum atomic E-state index is -1.96. The maximum Gasteiger partial charge on any atom is 0.327 e. The fraction of sp³-hybridized carbons (Fsp3) is 0.525. The number of aliphatic hydroxyl groups excluding tert-OH is 5. The lowest BCUT2D eigenvalue weighted by Crippen LogP contribution is -2.58. The van der Waals surface area contributed by atoms with Crippen molar-refractivity contribution in [2.45, 2.75) is 152 Å². The molecule has 2 heterocycles. The van der Waals surface area contributed by atoms with E-state index in [1.54, 1.807) is 0 Å². The molecule has 3 aromatic rings. The largest absolute Gasteiger partial charge is 0.481 e. The number of nitrogens with two attached hydrogens (primary N) is 1. The molecule has 0 aliphatic carbocycles. The van der Waals surface area contributed by atoms with Crippen LogP contribution in [0.2, 0.25) is 0 Å². The van der Waals surface area contributed by atoms with Crippen LogP contribution in [0.15, 0.2) is 47.4 Å². The summed E-state index contributed by atoms with van der Waals surface area (Å²) in [5.74, 6) is -12.9. The summed E-state index contributed by atoms with van der Waals surface area (Å²) < 4.78 is 0. The predicted molar refractivity (Wildman–Crippen MR) is 342 cm³/mol. The second kappa shape index (κ2) is 40.4. The number of aliphatic hydroxyl groups is 5. The number of fused-ring (bicyclic) bond motifs is 1. The minimum Gasteiger partial charge on any atom is -0.481 e. The van der Waals surface area contributed by atoms with E-state index in [2.05, 4.69) is 98.2 Å². The van der Waals surface area contributed by atoms with Gasteiger partial charge in [-0.05, 0) is 81.7 Å². The van der Waals surface area contributed by atoms with Crippen molar-refractivity contribution in [2.75, 3.05) is 43.1 Å². The number of nitrogens with one attached hydrogen (secondary N) is 11. The van der Waals surface area contributed by atoms with Gasteiger partial charge in [-0.1, -0.05) is 13.5 Å². The molecule has 1 aromatic carbocycles. The maximum atomic E-state index is 14.3. The average Bonchev–Trinajstić information content (AvgIpc) is 0.836. The van der Waals surface area contributed by atoms with Gasteiger partial charge in [-0.25, -0.2) is 19.6 Å². The first-order valence-corrected chi connectivity index (χ1v) is 30.6. The third-order valence-corrected chi connectivity index (χ3v) is 14.8. The van der Waals surface area contributed by atoms with Gasteiger partial charge in [0.25, 0.3) is 11.5 Å². The van der Waals surface area contributed by atoms with Crippen LogP contribution in [0.5, 0.6) is 0 Å². The number of hydrogen-bond donors (Lipinski definition) is 21. The van der Waals surface area contributed by atoms with Crippen LogP contribution in [0, 0.1) is 24.2 Å². The second-order valence-corrected chi connectivity index (χ2v) is 22.7. The van der Waals surface area contributed by atoms with Crippen LogP contribution in [-0.4, -0.2) is 225 Å². The highest BCUT2D eigenvalue weighted by molar-refractivity contribution is 7.80. The predicted octanol–water partition coefficient (Wildman–Crippen LogP) is -5.22. The summed E-state index contributed by atoms with van der Waals surface area (Å²) in [7, 11) is 0. The summed E-state index contributed by atoms with van der Waals surface area (Å²) >= 11 is 3.92. The molecule has 0 aliphatic rings. The van der Waals surface area contributed by atoms with E-state index in [0.29, 0.717) is 11.4 Å². The van der Waals surface area contributed by atoms with Crippen molar-refractivity contribution in [1.82, 2.24) is 67.8 Å². The Labute approximate surface area is 554 Å². The molecule has 12 unspecified atom stereocenters. The van der Waals surface area contributed by atoms with Gasteiger partial charge < -0.3 is 99.8 Å². The molecule has 0 bridgehead atoms. The van der Waals surface area contributed by atoms with E-state index in [1.165, 1.54) is 37.4 Å². The summed E-state index contributed by atoms with van der Waals surface area (Å²) in [6, 6.07) is -6.09. The number of carbonyl (C=O) groups is 12. The third kappa shape index (κ3) is 28.0. The summed E-state index contributed by atoms with van der Waals surface area (Å²) in [4.78, 5) is 184. The van der Waals surface area contributed by atoms with Crippen LogP contribution in [0.4, 0.5) is 11.6 Å². The van der Waals surface area contributed by atoms with Crippen LogP contribution in [0.25, 0.3) is 11.2 Å². The van der Waals surface area contributed by atoms with Crippen molar-refractivity contribution in [1.29, 1.82) is 0 Å². The maximum absolute atomic E-state index is 14.3. The number of amides is 9.